The van der Waals surface area contributed by atoms with Gasteiger partial charge in [0.1, 0.15) is 5.57 Å². The van der Waals surface area contributed by atoms with Crippen LogP contribution in [0.5, 0.6) is 5.75 Å². The van der Waals surface area contributed by atoms with Crippen LogP contribution in [0.25, 0.3) is 6.08 Å². The van der Waals surface area contributed by atoms with Crippen molar-refractivity contribution in [2.75, 3.05) is 4.90 Å². The number of phenols is 1. The second-order valence-corrected chi connectivity index (χ2v) is 7.00. The zero-order chi connectivity index (χ0) is 19.0. The van der Waals surface area contributed by atoms with Crippen molar-refractivity contribution in [1.29, 1.82) is 0 Å². The minimum absolute atomic E-state index is 0.0335. The van der Waals surface area contributed by atoms with E-state index in [1.54, 1.807) is 24.3 Å². The molecule has 0 saturated carbocycles. The number of carbonyl (C=O) groups is 3. The first-order chi connectivity index (χ1) is 12.3. The van der Waals surface area contributed by atoms with Gasteiger partial charge < -0.3 is 5.11 Å². The molecule has 0 atom stereocenters. The number of rotatable bonds is 2. The number of aromatic hydroxyl groups is 1. The lowest BCUT2D eigenvalue weighted by molar-refractivity contribution is -0.122. The number of hydrogen-bond donors (Lipinski definition) is 2. The van der Waals surface area contributed by atoms with Crippen molar-refractivity contribution in [3.63, 3.8) is 0 Å². The number of nitrogens with zero attached hydrogens (tertiary/aromatic N) is 1. The first-order valence-electron chi connectivity index (χ1n) is 7.13. The Labute approximate surface area is 166 Å². The van der Waals surface area contributed by atoms with Crippen LogP contribution in [0.3, 0.4) is 0 Å². The fourth-order valence-corrected chi connectivity index (χ4v) is 3.09. The molecule has 26 heavy (non-hydrogen) atoms. The third-order valence-corrected chi connectivity index (χ3v) is 4.64. The molecule has 1 aliphatic heterocycles. The topological polar surface area (TPSA) is 86.7 Å². The van der Waals surface area contributed by atoms with E-state index in [4.69, 9.17) is 23.2 Å². The van der Waals surface area contributed by atoms with Gasteiger partial charge in [-0.1, -0.05) is 39.1 Å². The molecule has 6 nitrogen and oxygen atoms in total. The molecule has 0 aromatic heterocycles. The van der Waals surface area contributed by atoms with Crippen LogP contribution in [0.4, 0.5) is 10.5 Å². The van der Waals surface area contributed by atoms with Crippen LogP contribution < -0.4 is 10.2 Å². The number of amides is 4. The van der Waals surface area contributed by atoms with E-state index in [1.165, 1.54) is 18.2 Å². The molecular weight excluding hydrogens is 447 g/mol. The summed E-state index contributed by atoms with van der Waals surface area (Å²) in [6, 6.07) is 8.28. The van der Waals surface area contributed by atoms with Crippen molar-refractivity contribution < 1.29 is 19.5 Å². The molecule has 0 radical (unpaired) electrons. The predicted octanol–water partition coefficient (Wildman–Crippen LogP) is 4.13. The van der Waals surface area contributed by atoms with Gasteiger partial charge in [0.25, 0.3) is 11.8 Å². The minimum atomic E-state index is -0.846. The molecule has 1 aliphatic rings. The monoisotopic (exact) mass is 454 g/mol. The van der Waals surface area contributed by atoms with Crippen molar-refractivity contribution in [3.8, 4) is 5.75 Å². The van der Waals surface area contributed by atoms with Gasteiger partial charge in [-0.25, -0.2) is 9.69 Å². The first-order valence-corrected chi connectivity index (χ1v) is 8.68. The third-order valence-electron chi connectivity index (χ3n) is 3.54. The second kappa shape index (κ2) is 7.11. The highest BCUT2D eigenvalue weighted by molar-refractivity contribution is 9.10. The van der Waals surface area contributed by atoms with E-state index >= 15 is 0 Å². The van der Waals surface area contributed by atoms with E-state index in [1.807, 2.05) is 0 Å². The molecule has 0 unspecified atom stereocenters. The SMILES string of the molecule is O=C1NC(=O)N(c2ccc(Br)cc2)C(=O)/C1=C\c1cc(Cl)c(O)c(Cl)c1. The molecule has 4 amide bonds. The molecular formula is C17H9BrCl2N2O4. The molecule has 2 aromatic carbocycles. The number of urea groups is 1. The lowest BCUT2D eigenvalue weighted by atomic mass is 10.1. The van der Waals surface area contributed by atoms with E-state index < -0.39 is 17.8 Å². The molecule has 2 aromatic rings. The molecule has 1 saturated heterocycles. The zero-order valence-electron chi connectivity index (χ0n) is 12.8. The minimum Gasteiger partial charge on any atom is -0.505 e. The number of nitrogens with one attached hydrogen (secondary N) is 1. The Morgan fingerprint density at radius 3 is 2.19 bits per heavy atom. The number of imide groups is 2. The van der Waals surface area contributed by atoms with Gasteiger partial charge in [0.05, 0.1) is 15.7 Å². The average molecular weight is 456 g/mol. The van der Waals surface area contributed by atoms with E-state index in [2.05, 4.69) is 21.2 Å². The summed E-state index contributed by atoms with van der Waals surface area (Å²) in [7, 11) is 0. The maximum atomic E-state index is 12.7. The van der Waals surface area contributed by atoms with Gasteiger partial charge in [0.2, 0.25) is 0 Å². The largest absolute Gasteiger partial charge is 0.505 e. The van der Waals surface area contributed by atoms with Crippen LogP contribution >= 0.6 is 39.1 Å². The fraction of sp³-hybridized carbons (Fsp3) is 0. The van der Waals surface area contributed by atoms with E-state index in [0.717, 1.165) is 9.37 Å². The Kier molecular flexibility index (Phi) is 5.04. The smallest absolute Gasteiger partial charge is 0.335 e. The number of barbiturate groups is 1. The van der Waals surface area contributed by atoms with E-state index in [0.29, 0.717) is 11.3 Å². The number of benzene rings is 2. The predicted molar refractivity (Wildman–Crippen MR) is 101 cm³/mol. The lowest BCUT2D eigenvalue weighted by Crippen LogP contribution is -2.54. The number of phenolic OH excluding ortho intramolecular Hbond substituents is 1. The van der Waals surface area contributed by atoms with Crippen LogP contribution in [0.1, 0.15) is 5.56 Å². The summed E-state index contributed by atoms with van der Waals surface area (Å²) in [5.74, 6) is -1.93. The summed E-state index contributed by atoms with van der Waals surface area (Å²) in [6.45, 7) is 0. The van der Waals surface area contributed by atoms with Crippen LogP contribution in [0.2, 0.25) is 10.0 Å². The number of anilines is 1. The Morgan fingerprint density at radius 1 is 1.04 bits per heavy atom. The molecule has 132 valence electrons. The Bertz CT molecular complexity index is 950. The van der Waals surface area contributed by atoms with Crippen molar-refractivity contribution in [2.24, 2.45) is 0 Å². The number of hydrogen-bond acceptors (Lipinski definition) is 4. The normalized spacial score (nSPS) is 16.2. The molecule has 1 heterocycles. The van der Waals surface area contributed by atoms with Gasteiger partial charge in [-0.05, 0) is 48.0 Å². The van der Waals surface area contributed by atoms with E-state index in [9.17, 15) is 19.5 Å². The van der Waals surface area contributed by atoms with Gasteiger partial charge in [0.15, 0.2) is 5.75 Å². The maximum Gasteiger partial charge on any atom is 0.335 e. The average Bonchev–Trinajstić information content (AvgIpc) is 2.58. The van der Waals surface area contributed by atoms with Crippen LogP contribution in [-0.2, 0) is 9.59 Å². The zero-order valence-corrected chi connectivity index (χ0v) is 15.9. The van der Waals surface area contributed by atoms with Crippen LogP contribution in [0.15, 0.2) is 46.4 Å². The molecule has 1 fully saturated rings. The van der Waals surface area contributed by atoms with Gasteiger partial charge in [-0.15, -0.1) is 0 Å². The summed E-state index contributed by atoms with van der Waals surface area (Å²) in [4.78, 5) is 37.8. The van der Waals surface area contributed by atoms with Crippen molar-refractivity contribution in [2.45, 2.75) is 0 Å². The van der Waals surface area contributed by atoms with Crippen LogP contribution in [0, 0.1) is 0 Å². The molecule has 0 aliphatic carbocycles. The van der Waals surface area contributed by atoms with Gasteiger partial charge in [-0.3, -0.25) is 14.9 Å². The Morgan fingerprint density at radius 2 is 1.62 bits per heavy atom. The third kappa shape index (κ3) is 3.46. The highest BCUT2D eigenvalue weighted by Crippen LogP contribution is 2.33. The number of carbonyl (C=O) groups excluding carboxylic acids is 3. The molecule has 0 spiro atoms. The van der Waals surface area contributed by atoms with E-state index in [-0.39, 0.29) is 21.4 Å². The van der Waals surface area contributed by atoms with Crippen LogP contribution in [-0.4, -0.2) is 23.0 Å². The summed E-state index contributed by atoms with van der Waals surface area (Å²) >= 11 is 15.0. The summed E-state index contributed by atoms with van der Waals surface area (Å²) in [6.07, 6.45) is 1.24. The summed E-state index contributed by atoms with van der Waals surface area (Å²) in [5, 5.41) is 11.6. The maximum absolute atomic E-state index is 12.7. The molecule has 3 rings (SSSR count). The second-order valence-electron chi connectivity index (χ2n) is 5.27. The quantitative estimate of drug-likeness (QED) is 0.526. The molecule has 9 heteroatoms. The van der Waals surface area contributed by atoms with Crippen molar-refractivity contribution in [1.82, 2.24) is 5.32 Å². The highest BCUT2D eigenvalue weighted by atomic mass is 79.9. The molecule has 0 bridgehead atoms. The van der Waals surface area contributed by atoms with Gasteiger partial charge >= 0.3 is 6.03 Å². The Hall–Kier alpha value is -2.35. The van der Waals surface area contributed by atoms with Crippen molar-refractivity contribution >= 4 is 68.7 Å². The fourth-order valence-electron chi connectivity index (χ4n) is 2.32. The Balaban J connectivity index is 2.04. The molecule has 2 N–H and O–H groups in total. The van der Waals surface area contributed by atoms with Crippen molar-refractivity contribution in [3.05, 3.63) is 62.1 Å². The first kappa shape index (κ1) is 18.4. The number of halogens is 3. The van der Waals surface area contributed by atoms with Gasteiger partial charge in [0, 0.05) is 4.47 Å². The summed E-state index contributed by atoms with van der Waals surface area (Å²) in [5.41, 5.74) is 0.350. The lowest BCUT2D eigenvalue weighted by Gasteiger charge is -2.26. The summed E-state index contributed by atoms with van der Waals surface area (Å²) < 4.78 is 0.770. The van der Waals surface area contributed by atoms with Gasteiger partial charge in [-0.2, -0.15) is 0 Å². The highest BCUT2D eigenvalue weighted by Gasteiger charge is 2.36. The standard InChI is InChI=1S/C17H9BrCl2N2O4/c18-9-1-3-10(4-2-9)22-16(25)11(15(24)21-17(22)26)5-8-6-12(19)14(23)13(20)7-8/h1-7,23H,(H,21,24,26)/b11-5-.